The van der Waals surface area contributed by atoms with Crippen molar-refractivity contribution in [2.75, 3.05) is 5.32 Å². The maximum atomic E-state index is 9.89. The topological polar surface area (TPSA) is 32.3 Å². The van der Waals surface area contributed by atoms with Crippen LogP contribution >= 0.6 is 23.2 Å². The lowest BCUT2D eigenvalue weighted by atomic mass is 9.76. The summed E-state index contributed by atoms with van der Waals surface area (Å²) < 4.78 is 0. The molecule has 0 radical (unpaired) electrons. The van der Waals surface area contributed by atoms with Gasteiger partial charge in [0.2, 0.25) is 0 Å². The standard InChI is InChI=1S/C20H19Cl2NO/c1-11(24)12-5-8-19-17(9-12)14-3-2-4-15(14)20(23-19)16-7-6-13(21)10-18(16)22/h2-3,5-11,14-15,20,23-24H,4H2,1H3. The van der Waals surface area contributed by atoms with E-state index >= 15 is 0 Å². The van der Waals surface area contributed by atoms with Gasteiger partial charge in [-0.25, -0.2) is 0 Å². The molecular weight excluding hydrogens is 341 g/mol. The lowest BCUT2D eigenvalue weighted by Gasteiger charge is -2.38. The summed E-state index contributed by atoms with van der Waals surface area (Å²) in [6.07, 6.45) is 5.09. The molecule has 1 aliphatic heterocycles. The Labute approximate surface area is 152 Å². The van der Waals surface area contributed by atoms with Crippen LogP contribution in [-0.4, -0.2) is 5.11 Å². The Kier molecular flexibility index (Phi) is 4.07. The fraction of sp³-hybridized carbons (Fsp3) is 0.300. The second-order valence-electron chi connectivity index (χ2n) is 6.66. The van der Waals surface area contributed by atoms with Crippen LogP contribution in [0, 0.1) is 5.92 Å². The maximum absolute atomic E-state index is 9.89. The highest BCUT2D eigenvalue weighted by atomic mass is 35.5. The van der Waals surface area contributed by atoms with Gasteiger partial charge in [-0.1, -0.05) is 53.6 Å². The van der Waals surface area contributed by atoms with Gasteiger partial charge >= 0.3 is 0 Å². The van der Waals surface area contributed by atoms with Crippen LogP contribution in [0.5, 0.6) is 0 Å². The van der Waals surface area contributed by atoms with Gasteiger partial charge in [0, 0.05) is 21.7 Å². The molecular formula is C20H19Cl2NO. The number of halogens is 2. The Bertz CT molecular complexity index is 815. The van der Waals surface area contributed by atoms with Crippen LogP contribution in [0.1, 0.15) is 48.1 Å². The van der Waals surface area contributed by atoms with Gasteiger partial charge in [0.05, 0.1) is 12.1 Å². The maximum Gasteiger partial charge on any atom is 0.0762 e. The van der Waals surface area contributed by atoms with Gasteiger partial charge in [-0.15, -0.1) is 0 Å². The first kappa shape index (κ1) is 16.0. The van der Waals surface area contributed by atoms with Crippen molar-refractivity contribution in [2.45, 2.75) is 31.4 Å². The fourth-order valence-corrected chi connectivity index (χ4v) is 4.46. The lowest BCUT2D eigenvalue weighted by molar-refractivity contribution is 0.199. The molecule has 0 aromatic heterocycles. The molecule has 2 aromatic carbocycles. The Hall–Kier alpha value is -1.48. The SMILES string of the molecule is CC(O)c1ccc2c(c1)C1C=CCC1C(c1ccc(Cl)cc1Cl)N2. The van der Waals surface area contributed by atoms with Gasteiger partial charge in [0.15, 0.2) is 0 Å². The predicted octanol–water partition coefficient (Wildman–Crippen LogP) is 5.87. The second-order valence-corrected chi connectivity index (χ2v) is 7.51. The Morgan fingerprint density at radius 3 is 2.71 bits per heavy atom. The average Bonchev–Trinajstić information content (AvgIpc) is 3.04. The van der Waals surface area contributed by atoms with Crippen LogP contribution < -0.4 is 5.32 Å². The Morgan fingerprint density at radius 2 is 1.96 bits per heavy atom. The van der Waals surface area contributed by atoms with Gasteiger partial charge in [-0.3, -0.25) is 0 Å². The van der Waals surface area contributed by atoms with E-state index in [1.165, 1.54) is 5.56 Å². The highest BCUT2D eigenvalue weighted by molar-refractivity contribution is 6.35. The van der Waals surface area contributed by atoms with E-state index in [0.717, 1.165) is 23.2 Å². The number of aliphatic hydroxyl groups excluding tert-OH is 1. The summed E-state index contributed by atoms with van der Waals surface area (Å²) in [6, 6.07) is 12.1. The zero-order valence-electron chi connectivity index (χ0n) is 13.3. The number of allylic oxidation sites excluding steroid dienone is 2. The summed E-state index contributed by atoms with van der Waals surface area (Å²) >= 11 is 12.5. The molecule has 1 aliphatic carbocycles. The normalized spacial score (nSPS) is 25.8. The zero-order chi connectivity index (χ0) is 16.8. The molecule has 24 heavy (non-hydrogen) atoms. The van der Waals surface area contributed by atoms with Crippen molar-refractivity contribution in [1.82, 2.24) is 0 Å². The smallest absolute Gasteiger partial charge is 0.0762 e. The molecule has 0 spiro atoms. The second kappa shape index (κ2) is 6.11. The van der Waals surface area contributed by atoms with E-state index in [1.54, 1.807) is 6.92 Å². The predicted molar refractivity (Wildman–Crippen MR) is 99.9 cm³/mol. The molecule has 0 amide bonds. The number of anilines is 1. The molecule has 0 saturated heterocycles. The third kappa shape index (κ3) is 2.63. The molecule has 1 heterocycles. The van der Waals surface area contributed by atoms with E-state index in [-0.39, 0.29) is 6.04 Å². The van der Waals surface area contributed by atoms with E-state index in [1.807, 2.05) is 24.3 Å². The van der Waals surface area contributed by atoms with Crippen molar-refractivity contribution in [3.8, 4) is 0 Å². The van der Waals surface area contributed by atoms with Gasteiger partial charge in [0.1, 0.15) is 0 Å². The van der Waals surface area contributed by atoms with Crippen molar-refractivity contribution >= 4 is 28.9 Å². The first-order chi connectivity index (χ1) is 11.5. The van der Waals surface area contributed by atoms with Crippen LogP contribution in [0.2, 0.25) is 10.0 Å². The van der Waals surface area contributed by atoms with Gasteiger partial charge in [0.25, 0.3) is 0 Å². The van der Waals surface area contributed by atoms with Gasteiger partial charge in [-0.2, -0.15) is 0 Å². The van der Waals surface area contributed by atoms with Crippen LogP contribution in [0.4, 0.5) is 5.69 Å². The number of benzene rings is 2. The Balaban J connectivity index is 1.78. The van der Waals surface area contributed by atoms with Crippen LogP contribution in [0.25, 0.3) is 0 Å². The third-order valence-corrected chi connectivity index (χ3v) is 5.73. The molecule has 4 unspecified atom stereocenters. The molecule has 0 fully saturated rings. The molecule has 2 aliphatic rings. The monoisotopic (exact) mass is 359 g/mol. The number of nitrogens with one attached hydrogen (secondary N) is 1. The average molecular weight is 360 g/mol. The van der Waals surface area contributed by atoms with E-state index in [2.05, 4.69) is 29.6 Å². The summed E-state index contributed by atoms with van der Waals surface area (Å²) in [5, 5.41) is 14.9. The minimum absolute atomic E-state index is 0.152. The van der Waals surface area contributed by atoms with Gasteiger partial charge in [-0.05, 0) is 54.2 Å². The van der Waals surface area contributed by atoms with Crippen LogP contribution in [0.15, 0.2) is 48.6 Å². The largest absolute Gasteiger partial charge is 0.389 e. The molecule has 0 bridgehead atoms. The van der Waals surface area contributed by atoms with Crippen molar-refractivity contribution in [1.29, 1.82) is 0 Å². The molecule has 2 aromatic rings. The van der Waals surface area contributed by atoms with E-state index in [0.29, 0.717) is 21.9 Å². The first-order valence-electron chi connectivity index (χ1n) is 8.24. The van der Waals surface area contributed by atoms with E-state index in [4.69, 9.17) is 23.2 Å². The number of rotatable bonds is 2. The molecule has 4 heteroatoms. The highest BCUT2D eigenvalue weighted by Crippen LogP contribution is 2.51. The lowest BCUT2D eigenvalue weighted by Crippen LogP contribution is -2.29. The highest BCUT2D eigenvalue weighted by Gasteiger charge is 2.38. The first-order valence-corrected chi connectivity index (χ1v) is 9.00. The van der Waals surface area contributed by atoms with Crippen molar-refractivity contribution in [3.63, 3.8) is 0 Å². The van der Waals surface area contributed by atoms with Crippen LogP contribution in [-0.2, 0) is 0 Å². The van der Waals surface area contributed by atoms with Crippen molar-refractivity contribution in [2.24, 2.45) is 5.92 Å². The quantitative estimate of drug-likeness (QED) is 0.656. The number of fused-ring (bicyclic) bond motifs is 3. The molecule has 2 N–H and O–H groups in total. The minimum atomic E-state index is -0.456. The zero-order valence-corrected chi connectivity index (χ0v) is 14.9. The molecule has 0 saturated carbocycles. The fourth-order valence-electron chi connectivity index (χ4n) is 3.93. The number of aliphatic hydroxyl groups is 1. The summed E-state index contributed by atoms with van der Waals surface area (Å²) in [5.74, 6) is 0.761. The van der Waals surface area contributed by atoms with E-state index < -0.39 is 6.10 Å². The Morgan fingerprint density at radius 1 is 1.12 bits per heavy atom. The summed E-state index contributed by atoms with van der Waals surface area (Å²) in [4.78, 5) is 0. The van der Waals surface area contributed by atoms with Crippen molar-refractivity contribution in [3.05, 3.63) is 75.3 Å². The molecule has 2 nitrogen and oxygen atoms in total. The van der Waals surface area contributed by atoms with Crippen molar-refractivity contribution < 1.29 is 5.11 Å². The summed E-state index contributed by atoms with van der Waals surface area (Å²) in [7, 11) is 0. The summed E-state index contributed by atoms with van der Waals surface area (Å²) in [5.41, 5.74) is 4.42. The van der Waals surface area contributed by atoms with Crippen LogP contribution in [0.3, 0.4) is 0 Å². The third-order valence-electron chi connectivity index (χ3n) is 5.17. The molecule has 4 atom stereocenters. The molecule has 4 rings (SSSR count). The van der Waals surface area contributed by atoms with E-state index in [9.17, 15) is 5.11 Å². The minimum Gasteiger partial charge on any atom is -0.389 e. The number of hydrogen-bond acceptors (Lipinski definition) is 2. The number of hydrogen-bond donors (Lipinski definition) is 2. The summed E-state index contributed by atoms with van der Waals surface area (Å²) in [6.45, 7) is 1.80. The van der Waals surface area contributed by atoms with Gasteiger partial charge < -0.3 is 10.4 Å². The molecule has 124 valence electrons.